The Morgan fingerprint density at radius 1 is 1.50 bits per heavy atom. The second-order valence-electron chi connectivity index (χ2n) is 4.28. The van der Waals surface area contributed by atoms with Gasteiger partial charge in [-0.1, -0.05) is 0 Å². The quantitative estimate of drug-likeness (QED) is 0.715. The largest absolute Gasteiger partial charge is 0.358 e. The van der Waals surface area contributed by atoms with E-state index in [9.17, 15) is 9.59 Å². The summed E-state index contributed by atoms with van der Waals surface area (Å²) in [5, 5.41) is 9.22. The minimum absolute atomic E-state index is 0.0519. The molecule has 3 heterocycles. The van der Waals surface area contributed by atoms with Gasteiger partial charge < -0.3 is 10.2 Å². The van der Waals surface area contributed by atoms with Gasteiger partial charge in [0.1, 0.15) is 18.2 Å². The van der Waals surface area contributed by atoms with E-state index in [4.69, 9.17) is 0 Å². The van der Waals surface area contributed by atoms with Crippen molar-refractivity contribution in [1.29, 1.82) is 0 Å². The maximum absolute atomic E-state index is 11.7. The van der Waals surface area contributed by atoms with E-state index < -0.39 is 0 Å². The fourth-order valence-electron chi connectivity index (χ4n) is 2.02. The Morgan fingerprint density at radius 2 is 2.33 bits per heavy atom. The number of carbonyl (C=O) groups excluding carboxylic acids is 1. The molecule has 0 aromatic carbocycles. The Balaban J connectivity index is 1.87. The third kappa shape index (κ3) is 1.62. The molecule has 8 nitrogen and oxygen atoms in total. The Kier molecular flexibility index (Phi) is 2.29. The van der Waals surface area contributed by atoms with Gasteiger partial charge in [0.2, 0.25) is 5.91 Å². The maximum Gasteiger partial charge on any atom is 0.348 e. The molecular formula is C10H12N6O2. The van der Waals surface area contributed by atoms with Gasteiger partial charge in [-0.3, -0.25) is 4.79 Å². The van der Waals surface area contributed by atoms with Gasteiger partial charge in [0.05, 0.1) is 0 Å². The van der Waals surface area contributed by atoms with E-state index in [1.807, 2.05) is 0 Å². The molecule has 94 valence electrons. The molecule has 1 fully saturated rings. The molecule has 2 aromatic heterocycles. The highest BCUT2D eigenvalue weighted by Gasteiger charge is 2.29. The maximum atomic E-state index is 11.7. The van der Waals surface area contributed by atoms with Gasteiger partial charge in [0.25, 0.3) is 0 Å². The van der Waals surface area contributed by atoms with Gasteiger partial charge >= 0.3 is 5.69 Å². The number of amides is 1. The van der Waals surface area contributed by atoms with Crippen LogP contribution in [0, 0.1) is 0 Å². The van der Waals surface area contributed by atoms with Crippen LogP contribution in [-0.4, -0.2) is 50.0 Å². The highest BCUT2D eigenvalue weighted by molar-refractivity contribution is 5.86. The van der Waals surface area contributed by atoms with E-state index in [0.29, 0.717) is 11.5 Å². The number of H-pyrrole nitrogens is 1. The van der Waals surface area contributed by atoms with Crippen molar-refractivity contribution in [3.05, 3.63) is 22.9 Å². The molecule has 0 saturated carbocycles. The Bertz CT molecular complexity index is 660. The topological polar surface area (TPSA) is 95.4 Å². The molecule has 1 aliphatic rings. The average molecular weight is 248 g/mol. The molecule has 0 bridgehead atoms. The molecule has 0 radical (unpaired) electrons. The van der Waals surface area contributed by atoms with Crippen molar-refractivity contribution in [2.45, 2.75) is 12.5 Å². The molecule has 1 unspecified atom stereocenters. The first kappa shape index (κ1) is 10.8. The molecule has 1 amide bonds. The number of hydrogen-bond acceptors (Lipinski definition) is 5. The first-order chi connectivity index (χ1) is 8.65. The van der Waals surface area contributed by atoms with Gasteiger partial charge in [-0.25, -0.2) is 19.3 Å². The average Bonchev–Trinajstić information content (AvgIpc) is 2.88. The number of rotatable bonds is 2. The number of likely N-dealkylation sites (N-methyl/N-ethyl adjacent to an activating group) is 1. The van der Waals surface area contributed by atoms with E-state index in [1.54, 1.807) is 18.0 Å². The van der Waals surface area contributed by atoms with E-state index >= 15 is 0 Å². The highest BCUT2D eigenvalue weighted by Crippen LogP contribution is 2.14. The molecule has 1 aliphatic heterocycles. The standard InChI is InChI=1S/C10H12N6O2/c1-15-3-2-6(9(15)17)12-7-4-8-13-14-10(18)16(8)5-11-7/h4-6,12H,2-3H2,1H3,(H,14,18). The predicted octanol–water partition coefficient (Wildman–Crippen LogP) is -0.940. The van der Waals surface area contributed by atoms with Crippen LogP contribution in [0.3, 0.4) is 0 Å². The van der Waals surface area contributed by atoms with E-state index in [-0.39, 0.29) is 17.6 Å². The number of likely N-dealkylation sites (tertiary alicyclic amines) is 1. The molecule has 8 heteroatoms. The molecular weight excluding hydrogens is 236 g/mol. The van der Waals surface area contributed by atoms with Crippen molar-refractivity contribution in [2.75, 3.05) is 18.9 Å². The minimum Gasteiger partial charge on any atom is -0.358 e. The molecule has 2 N–H and O–H groups in total. The number of carbonyl (C=O) groups is 1. The number of fused-ring (bicyclic) bond motifs is 1. The molecule has 0 aliphatic carbocycles. The lowest BCUT2D eigenvalue weighted by Crippen LogP contribution is -2.31. The van der Waals surface area contributed by atoms with Crippen molar-refractivity contribution < 1.29 is 4.79 Å². The number of nitrogens with zero attached hydrogens (tertiary/aromatic N) is 4. The molecule has 2 aromatic rings. The summed E-state index contributed by atoms with van der Waals surface area (Å²) in [5.41, 5.74) is 0.136. The third-order valence-corrected chi connectivity index (χ3v) is 3.06. The van der Waals surface area contributed by atoms with Gasteiger partial charge in [-0.05, 0) is 6.42 Å². The zero-order valence-electron chi connectivity index (χ0n) is 9.75. The number of aromatic amines is 1. The van der Waals surface area contributed by atoms with Crippen LogP contribution in [-0.2, 0) is 4.79 Å². The van der Waals surface area contributed by atoms with Crippen LogP contribution in [0.5, 0.6) is 0 Å². The van der Waals surface area contributed by atoms with E-state index in [1.165, 1.54) is 10.7 Å². The van der Waals surface area contributed by atoms with Gasteiger partial charge in [-0.15, -0.1) is 0 Å². The first-order valence-electron chi connectivity index (χ1n) is 5.59. The van der Waals surface area contributed by atoms with Crippen molar-refractivity contribution in [3.63, 3.8) is 0 Å². The second-order valence-corrected chi connectivity index (χ2v) is 4.28. The van der Waals surface area contributed by atoms with Crippen LogP contribution in [0.25, 0.3) is 5.65 Å². The van der Waals surface area contributed by atoms with E-state index in [2.05, 4.69) is 20.5 Å². The number of hydrogen-bond donors (Lipinski definition) is 2. The van der Waals surface area contributed by atoms with Crippen LogP contribution < -0.4 is 11.0 Å². The number of anilines is 1. The number of aromatic nitrogens is 4. The number of nitrogens with one attached hydrogen (secondary N) is 2. The summed E-state index contributed by atoms with van der Waals surface area (Å²) in [6.07, 6.45) is 2.13. The lowest BCUT2D eigenvalue weighted by Gasteiger charge is -2.12. The normalized spacial score (nSPS) is 19.7. The lowest BCUT2D eigenvalue weighted by molar-refractivity contribution is -0.127. The summed E-state index contributed by atoms with van der Waals surface area (Å²) in [6, 6.07) is 1.37. The summed E-state index contributed by atoms with van der Waals surface area (Å²) in [5.74, 6) is 0.589. The van der Waals surface area contributed by atoms with Crippen LogP contribution in [0.1, 0.15) is 6.42 Å². The van der Waals surface area contributed by atoms with Crippen molar-refractivity contribution in [1.82, 2.24) is 24.5 Å². The summed E-state index contributed by atoms with van der Waals surface area (Å²) < 4.78 is 1.30. The zero-order valence-corrected chi connectivity index (χ0v) is 9.75. The Hall–Kier alpha value is -2.38. The van der Waals surface area contributed by atoms with Crippen LogP contribution in [0.4, 0.5) is 5.82 Å². The Morgan fingerprint density at radius 3 is 3.06 bits per heavy atom. The molecule has 3 rings (SSSR count). The lowest BCUT2D eigenvalue weighted by atomic mass is 10.2. The van der Waals surface area contributed by atoms with Gasteiger partial charge in [-0.2, -0.15) is 5.10 Å². The SMILES string of the molecule is CN1CCC(Nc2cc3n[nH]c(=O)n3cn2)C1=O. The van der Waals surface area contributed by atoms with Gasteiger partial charge in [0.15, 0.2) is 5.65 Å². The van der Waals surface area contributed by atoms with Crippen LogP contribution in [0.15, 0.2) is 17.2 Å². The van der Waals surface area contributed by atoms with Crippen molar-refractivity contribution >= 4 is 17.4 Å². The Labute approximate surface area is 102 Å². The molecule has 0 spiro atoms. The minimum atomic E-state index is -0.333. The summed E-state index contributed by atoms with van der Waals surface area (Å²) >= 11 is 0. The highest BCUT2D eigenvalue weighted by atomic mass is 16.2. The smallest absolute Gasteiger partial charge is 0.348 e. The van der Waals surface area contributed by atoms with Crippen molar-refractivity contribution in [3.8, 4) is 0 Å². The second kappa shape index (κ2) is 3.83. The molecule has 1 saturated heterocycles. The monoisotopic (exact) mass is 248 g/mol. The fourth-order valence-corrected chi connectivity index (χ4v) is 2.02. The summed E-state index contributed by atoms with van der Waals surface area (Å²) in [6.45, 7) is 0.737. The third-order valence-electron chi connectivity index (χ3n) is 3.06. The van der Waals surface area contributed by atoms with Crippen LogP contribution in [0.2, 0.25) is 0 Å². The summed E-state index contributed by atoms with van der Waals surface area (Å²) in [4.78, 5) is 28.7. The van der Waals surface area contributed by atoms with Crippen molar-refractivity contribution in [2.24, 2.45) is 0 Å². The summed E-state index contributed by atoms with van der Waals surface area (Å²) in [7, 11) is 1.77. The fraction of sp³-hybridized carbons (Fsp3) is 0.400. The van der Waals surface area contributed by atoms with Crippen LogP contribution >= 0.6 is 0 Å². The molecule has 1 atom stereocenters. The zero-order chi connectivity index (χ0) is 12.7. The van der Waals surface area contributed by atoms with E-state index in [0.717, 1.165) is 13.0 Å². The van der Waals surface area contributed by atoms with Gasteiger partial charge in [0, 0.05) is 19.7 Å². The molecule has 18 heavy (non-hydrogen) atoms. The first-order valence-corrected chi connectivity index (χ1v) is 5.59. The predicted molar refractivity (Wildman–Crippen MR) is 63.3 cm³/mol.